The van der Waals surface area contributed by atoms with Crippen molar-refractivity contribution in [1.29, 1.82) is 0 Å². The zero-order valence-corrected chi connectivity index (χ0v) is 18.8. The molecule has 31 heavy (non-hydrogen) atoms. The van der Waals surface area contributed by atoms with Crippen molar-refractivity contribution in [3.8, 4) is 0 Å². The number of hydrogen-bond acceptors (Lipinski definition) is 2. The third-order valence-corrected chi connectivity index (χ3v) is 6.31. The summed E-state index contributed by atoms with van der Waals surface area (Å²) >= 11 is 0. The van der Waals surface area contributed by atoms with Crippen LogP contribution in [0.15, 0.2) is 60.7 Å². The summed E-state index contributed by atoms with van der Waals surface area (Å²) in [6.45, 7) is 7.40. The fourth-order valence-corrected chi connectivity index (χ4v) is 4.41. The van der Waals surface area contributed by atoms with Gasteiger partial charge in [-0.25, -0.2) is 4.79 Å². The number of benzene rings is 2. The van der Waals surface area contributed by atoms with Gasteiger partial charge < -0.3 is 15.1 Å². The van der Waals surface area contributed by atoms with Crippen molar-refractivity contribution in [2.45, 2.75) is 39.0 Å². The first-order chi connectivity index (χ1) is 15.1. The zero-order valence-electron chi connectivity index (χ0n) is 18.8. The molecule has 0 radical (unpaired) electrons. The molecule has 1 heterocycles. The van der Waals surface area contributed by atoms with E-state index in [-0.39, 0.29) is 23.8 Å². The van der Waals surface area contributed by atoms with E-state index in [1.165, 1.54) is 11.1 Å². The normalized spacial score (nSPS) is 14.5. The van der Waals surface area contributed by atoms with E-state index in [1.54, 1.807) is 0 Å². The lowest BCUT2D eigenvalue weighted by atomic mass is 9.88. The number of carbonyl (C=O) groups excluding carboxylic acids is 2. The van der Waals surface area contributed by atoms with Gasteiger partial charge in [0, 0.05) is 44.6 Å². The fourth-order valence-electron chi connectivity index (χ4n) is 4.41. The van der Waals surface area contributed by atoms with E-state index in [4.69, 9.17) is 0 Å². The maximum absolute atomic E-state index is 12.8. The van der Waals surface area contributed by atoms with Crippen LogP contribution in [0, 0.1) is 5.92 Å². The van der Waals surface area contributed by atoms with Gasteiger partial charge in [-0.1, -0.05) is 60.7 Å². The summed E-state index contributed by atoms with van der Waals surface area (Å²) in [4.78, 5) is 29.0. The van der Waals surface area contributed by atoms with Crippen LogP contribution in [0.1, 0.15) is 50.2 Å². The third-order valence-electron chi connectivity index (χ3n) is 6.31. The fraction of sp³-hybridized carbons (Fsp3) is 0.462. The van der Waals surface area contributed by atoms with Crippen molar-refractivity contribution in [1.82, 2.24) is 15.1 Å². The molecule has 5 nitrogen and oxygen atoms in total. The Labute approximate surface area is 186 Å². The number of rotatable bonds is 8. The topological polar surface area (TPSA) is 52.7 Å². The maximum atomic E-state index is 12.8. The Morgan fingerprint density at radius 2 is 1.45 bits per heavy atom. The molecule has 0 bridgehead atoms. The second-order valence-electron chi connectivity index (χ2n) is 8.17. The van der Waals surface area contributed by atoms with Crippen LogP contribution in [0.2, 0.25) is 0 Å². The Bertz CT molecular complexity index is 774. The van der Waals surface area contributed by atoms with Gasteiger partial charge in [-0.3, -0.25) is 4.79 Å². The molecule has 0 aromatic heterocycles. The van der Waals surface area contributed by atoms with Crippen LogP contribution >= 0.6 is 0 Å². The van der Waals surface area contributed by atoms with Crippen molar-refractivity contribution in [2.24, 2.45) is 5.92 Å². The molecule has 0 atom stereocenters. The lowest BCUT2D eigenvalue weighted by Gasteiger charge is -2.34. The van der Waals surface area contributed by atoms with Gasteiger partial charge in [0.2, 0.25) is 5.91 Å². The lowest BCUT2D eigenvalue weighted by molar-refractivity contribution is -0.126. The zero-order chi connectivity index (χ0) is 22.1. The quantitative estimate of drug-likeness (QED) is 0.682. The second kappa shape index (κ2) is 11.5. The van der Waals surface area contributed by atoms with Gasteiger partial charge in [0.15, 0.2) is 0 Å². The minimum atomic E-state index is -0.00680. The smallest absolute Gasteiger partial charge is 0.319 e. The third kappa shape index (κ3) is 6.09. The minimum Gasteiger partial charge on any atom is -0.356 e. The number of likely N-dealkylation sites (tertiary alicyclic amines) is 1. The van der Waals surface area contributed by atoms with Gasteiger partial charge >= 0.3 is 6.03 Å². The maximum Gasteiger partial charge on any atom is 0.319 e. The highest BCUT2D eigenvalue weighted by Gasteiger charge is 2.28. The van der Waals surface area contributed by atoms with Gasteiger partial charge in [-0.05, 0) is 44.2 Å². The molecule has 1 N–H and O–H groups in total. The van der Waals surface area contributed by atoms with Crippen molar-refractivity contribution < 1.29 is 9.59 Å². The number of nitrogens with zero attached hydrogens (tertiary/aromatic N) is 2. The van der Waals surface area contributed by atoms with Crippen LogP contribution in [0.3, 0.4) is 0 Å². The Kier molecular flexibility index (Phi) is 8.51. The number of hydrogen-bond donors (Lipinski definition) is 1. The number of amides is 3. The summed E-state index contributed by atoms with van der Waals surface area (Å²) in [5.74, 6) is 0.374. The Morgan fingerprint density at radius 3 is 1.94 bits per heavy atom. The molecule has 0 unspecified atom stereocenters. The molecule has 0 aliphatic carbocycles. The highest BCUT2D eigenvalue weighted by atomic mass is 16.2. The summed E-state index contributed by atoms with van der Waals surface area (Å²) < 4.78 is 0. The Balaban J connectivity index is 1.51. The van der Waals surface area contributed by atoms with Crippen molar-refractivity contribution in [2.75, 3.05) is 32.7 Å². The van der Waals surface area contributed by atoms with Crippen LogP contribution in [-0.4, -0.2) is 54.5 Å². The van der Waals surface area contributed by atoms with E-state index >= 15 is 0 Å². The van der Waals surface area contributed by atoms with Gasteiger partial charge in [0.25, 0.3) is 0 Å². The molecule has 0 spiro atoms. The van der Waals surface area contributed by atoms with Gasteiger partial charge in [-0.2, -0.15) is 0 Å². The lowest BCUT2D eigenvalue weighted by Crippen LogP contribution is -2.48. The summed E-state index contributed by atoms with van der Waals surface area (Å²) in [6, 6.07) is 21.0. The predicted octanol–water partition coefficient (Wildman–Crippen LogP) is 4.50. The summed E-state index contributed by atoms with van der Waals surface area (Å²) in [5.41, 5.74) is 2.54. The van der Waals surface area contributed by atoms with Crippen LogP contribution < -0.4 is 5.32 Å². The van der Waals surface area contributed by atoms with Gasteiger partial charge in [0.05, 0.1) is 0 Å². The molecular formula is C26H35N3O2. The monoisotopic (exact) mass is 421 g/mol. The van der Waals surface area contributed by atoms with Crippen LogP contribution in [0.25, 0.3) is 0 Å². The number of piperidine rings is 1. The van der Waals surface area contributed by atoms with Gasteiger partial charge in [0.1, 0.15) is 0 Å². The summed E-state index contributed by atoms with van der Waals surface area (Å²) in [7, 11) is 0. The molecule has 166 valence electrons. The molecular weight excluding hydrogens is 386 g/mol. The Hall–Kier alpha value is -2.82. The van der Waals surface area contributed by atoms with E-state index in [0.717, 1.165) is 32.4 Å². The molecule has 1 aliphatic rings. The molecule has 1 fully saturated rings. The van der Waals surface area contributed by atoms with Crippen molar-refractivity contribution in [3.05, 3.63) is 71.8 Å². The van der Waals surface area contributed by atoms with E-state index in [1.807, 2.05) is 35.8 Å². The molecule has 0 saturated carbocycles. The average molecular weight is 422 g/mol. The molecule has 1 saturated heterocycles. The van der Waals surface area contributed by atoms with Crippen LogP contribution in [0.4, 0.5) is 4.79 Å². The first-order valence-corrected chi connectivity index (χ1v) is 11.6. The minimum absolute atomic E-state index is 0.00680. The summed E-state index contributed by atoms with van der Waals surface area (Å²) in [6.07, 6.45) is 2.33. The molecule has 1 aliphatic heterocycles. The number of carbonyl (C=O) groups is 2. The predicted molar refractivity (Wildman–Crippen MR) is 125 cm³/mol. The van der Waals surface area contributed by atoms with Crippen LogP contribution in [0.5, 0.6) is 0 Å². The molecule has 3 amide bonds. The molecule has 2 aromatic rings. The highest BCUT2D eigenvalue weighted by molar-refractivity contribution is 5.79. The largest absolute Gasteiger partial charge is 0.356 e. The SMILES string of the molecule is CCN(CC)C(=O)N1CCC(C(=O)NCCC(c2ccccc2)c2ccccc2)CC1. The van der Waals surface area contributed by atoms with Crippen molar-refractivity contribution >= 4 is 11.9 Å². The number of urea groups is 1. The molecule has 2 aromatic carbocycles. The van der Waals surface area contributed by atoms with E-state index in [9.17, 15) is 9.59 Å². The number of nitrogens with one attached hydrogen (secondary N) is 1. The molecule has 3 rings (SSSR count). The highest BCUT2D eigenvalue weighted by Crippen LogP contribution is 2.27. The Morgan fingerprint density at radius 1 is 0.935 bits per heavy atom. The first-order valence-electron chi connectivity index (χ1n) is 11.6. The van der Waals surface area contributed by atoms with Crippen LogP contribution in [-0.2, 0) is 4.79 Å². The summed E-state index contributed by atoms with van der Waals surface area (Å²) in [5, 5.41) is 3.16. The van der Waals surface area contributed by atoms with Crippen molar-refractivity contribution in [3.63, 3.8) is 0 Å². The second-order valence-corrected chi connectivity index (χ2v) is 8.17. The average Bonchev–Trinajstić information content (AvgIpc) is 2.83. The van der Waals surface area contributed by atoms with E-state index < -0.39 is 0 Å². The van der Waals surface area contributed by atoms with Gasteiger partial charge in [-0.15, -0.1) is 0 Å². The standard InChI is InChI=1S/C26H35N3O2/c1-3-28(4-2)26(31)29-19-16-23(17-20-29)25(30)27-18-15-24(21-11-7-5-8-12-21)22-13-9-6-10-14-22/h5-14,23-24H,3-4,15-20H2,1-2H3,(H,27,30). The van der Waals surface area contributed by atoms with E-state index in [0.29, 0.717) is 19.6 Å². The van der Waals surface area contributed by atoms with E-state index in [2.05, 4.69) is 53.8 Å². The first kappa shape index (κ1) is 22.9. The molecule has 5 heteroatoms.